The lowest BCUT2D eigenvalue weighted by molar-refractivity contribution is 0.355. The number of sulfonamides is 1. The van der Waals surface area contributed by atoms with E-state index in [1.807, 2.05) is 28.5 Å². The summed E-state index contributed by atoms with van der Waals surface area (Å²) in [7, 11) is -0.632. The summed E-state index contributed by atoms with van der Waals surface area (Å²) in [5, 5.41) is 2.65. The monoisotopic (exact) mass is 497 g/mol. The standard InChI is InChI=1S/C21H21ClFN3O4S2/c1-29-18-5-3-14(11-19(18)30-2)17-13-31-21(24-17)25-7-9-26(10-8-25)32(27,28)20-6-4-15(23)12-16(20)22/h3-6,11-13H,7-10H2,1-2H3. The topological polar surface area (TPSA) is 72.0 Å². The van der Waals surface area contributed by atoms with E-state index in [4.69, 9.17) is 26.1 Å². The van der Waals surface area contributed by atoms with E-state index >= 15 is 0 Å². The minimum atomic E-state index is -3.80. The zero-order chi connectivity index (χ0) is 22.9. The minimum Gasteiger partial charge on any atom is -0.493 e. The predicted molar refractivity (Wildman–Crippen MR) is 123 cm³/mol. The van der Waals surface area contributed by atoms with Gasteiger partial charge in [-0.05, 0) is 36.4 Å². The van der Waals surface area contributed by atoms with E-state index < -0.39 is 15.8 Å². The average molecular weight is 498 g/mol. The fraction of sp³-hybridized carbons (Fsp3) is 0.286. The summed E-state index contributed by atoms with van der Waals surface area (Å²) in [5.41, 5.74) is 1.71. The lowest BCUT2D eigenvalue weighted by Crippen LogP contribution is -2.48. The van der Waals surface area contributed by atoms with Crippen LogP contribution in [0, 0.1) is 5.82 Å². The molecule has 0 N–H and O–H groups in total. The molecule has 0 atom stereocenters. The first-order valence-electron chi connectivity index (χ1n) is 9.71. The quantitative estimate of drug-likeness (QED) is 0.510. The van der Waals surface area contributed by atoms with Gasteiger partial charge in [0.1, 0.15) is 10.7 Å². The Morgan fingerprint density at radius 2 is 1.75 bits per heavy atom. The van der Waals surface area contributed by atoms with E-state index in [1.165, 1.54) is 21.7 Å². The molecule has 1 aromatic heterocycles. The molecule has 0 saturated carbocycles. The number of methoxy groups -OCH3 is 2. The molecule has 11 heteroatoms. The molecular weight excluding hydrogens is 477 g/mol. The van der Waals surface area contributed by atoms with Gasteiger partial charge in [0, 0.05) is 37.1 Å². The molecule has 0 unspecified atom stereocenters. The molecule has 0 radical (unpaired) electrons. The highest BCUT2D eigenvalue weighted by atomic mass is 35.5. The maximum atomic E-state index is 13.3. The molecule has 4 rings (SSSR count). The summed E-state index contributed by atoms with van der Waals surface area (Å²) in [5.74, 6) is 0.691. The van der Waals surface area contributed by atoms with Crippen molar-refractivity contribution in [3.63, 3.8) is 0 Å². The second-order valence-electron chi connectivity index (χ2n) is 7.05. The normalized spacial score (nSPS) is 15.1. The highest BCUT2D eigenvalue weighted by Gasteiger charge is 2.31. The van der Waals surface area contributed by atoms with Crippen LogP contribution in [0.3, 0.4) is 0 Å². The van der Waals surface area contributed by atoms with Crippen LogP contribution in [0.4, 0.5) is 9.52 Å². The van der Waals surface area contributed by atoms with Crippen LogP contribution >= 0.6 is 22.9 Å². The fourth-order valence-corrected chi connectivity index (χ4v) is 6.30. The Bertz CT molecular complexity index is 1230. The third-order valence-corrected chi connectivity index (χ3v) is 8.48. The first-order chi connectivity index (χ1) is 15.3. The van der Waals surface area contributed by atoms with Crippen molar-refractivity contribution >= 4 is 38.1 Å². The fourth-order valence-electron chi connectivity index (χ4n) is 3.48. The van der Waals surface area contributed by atoms with Crippen LogP contribution in [0.25, 0.3) is 11.3 Å². The molecule has 1 fully saturated rings. The van der Waals surface area contributed by atoms with Crippen LogP contribution in [0.5, 0.6) is 11.5 Å². The van der Waals surface area contributed by atoms with Gasteiger partial charge in [0.2, 0.25) is 10.0 Å². The van der Waals surface area contributed by atoms with Gasteiger partial charge in [-0.2, -0.15) is 4.31 Å². The minimum absolute atomic E-state index is 0.0843. The zero-order valence-corrected chi connectivity index (χ0v) is 19.8. The van der Waals surface area contributed by atoms with Crippen LogP contribution in [0.2, 0.25) is 5.02 Å². The van der Waals surface area contributed by atoms with Crippen molar-refractivity contribution in [2.24, 2.45) is 0 Å². The molecule has 0 spiro atoms. The first-order valence-corrected chi connectivity index (χ1v) is 12.4. The van der Waals surface area contributed by atoms with Gasteiger partial charge < -0.3 is 14.4 Å². The van der Waals surface area contributed by atoms with Crippen LogP contribution in [0.15, 0.2) is 46.7 Å². The second-order valence-corrected chi connectivity index (χ2v) is 10.2. The van der Waals surface area contributed by atoms with E-state index in [-0.39, 0.29) is 23.0 Å². The molecule has 2 heterocycles. The average Bonchev–Trinajstić information content (AvgIpc) is 3.28. The van der Waals surface area contributed by atoms with Gasteiger partial charge >= 0.3 is 0 Å². The lowest BCUT2D eigenvalue weighted by atomic mass is 10.1. The van der Waals surface area contributed by atoms with Gasteiger partial charge in [-0.1, -0.05) is 11.6 Å². The second kappa shape index (κ2) is 9.22. The summed E-state index contributed by atoms with van der Waals surface area (Å²) in [6, 6.07) is 8.93. The first kappa shape index (κ1) is 22.8. The number of hydrogen-bond donors (Lipinski definition) is 0. The number of benzene rings is 2. The smallest absolute Gasteiger partial charge is 0.244 e. The number of piperazine rings is 1. The Morgan fingerprint density at radius 3 is 2.41 bits per heavy atom. The van der Waals surface area contributed by atoms with Crippen LogP contribution in [0.1, 0.15) is 0 Å². The molecule has 7 nitrogen and oxygen atoms in total. The third-order valence-electron chi connectivity index (χ3n) is 5.19. The Labute approximate surface area is 195 Å². The molecule has 0 aliphatic carbocycles. The maximum Gasteiger partial charge on any atom is 0.244 e. The third kappa shape index (κ3) is 4.40. The molecule has 3 aromatic rings. The Hall–Kier alpha value is -2.40. The number of nitrogens with zero attached hydrogens (tertiary/aromatic N) is 3. The Kier molecular flexibility index (Phi) is 6.57. The zero-order valence-electron chi connectivity index (χ0n) is 17.4. The lowest BCUT2D eigenvalue weighted by Gasteiger charge is -2.33. The molecule has 2 aromatic carbocycles. The highest BCUT2D eigenvalue weighted by molar-refractivity contribution is 7.89. The number of halogens is 2. The van der Waals surface area contributed by atoms with Gasteiger partial charge in [-0.3, -0.25) is 0 Å². The summed E-state index contributed by atoms with van der Waals surface area (Å²) in [6.45, 7) is 1.52. The van der Waals surface area contributed by atoms with Gasteiger partial charge in [-0.25, -0.2) is 17.8 Å². The van der Waals surface area contributed by atoms with Crippen molar-refractivity contribution in [3.8, 4) is 22.8 Å². The van der Waals surface area contributed by atoms with E-state index in [0.29, 0.717) is 24.6 Å². The molecule has 170 valence electrons. The number of hydrogen-bond acceptors (Lipinski definition) is 7. The van der Waals surface area contributed by atoms with Crippen LogP contribution in [-0.4, -0.2) is 58.1 Å². The summed E-state index contributed by atoms with van der Waals surface area (Å²) in [4.78, 5) is 6.69. The summed E-state index contributed by atoms with van der Waals surface area (Å²) >= 11 is 7.47. The molecule has 0 bridgehead atoms. The van der Waals surface area contributed by atoms with Crippen molar-refractivity contribution in [2.45, 2.75) is 4.90 Å². The van der Waals surface area contributed by atoms with Crippen LogP contribution in [-0.2, 0) is 10.0 Å². The van der Waals surface area contributed by atoms with E-state index in [9.17, 15) is 12.8 Å². The molecule has 1 saturated heterocycles. The molecule has 1 aliphatic rings. The van der Waals surface area contributed by atoms with Gasteiger partial charge in [0.25, 0.3) is 0 Å². The van der Waals surface area contributed by atoms with Crippen molar-refractivity contribution < 1.29 is 22.3 Å². The Morgan fingerprint density at radius 1 is 1.03 bits per heavy atom. The van der Waals surface area contributed by atoms with Crippen molar-refractivity contribution in [1.82, 2.24) is 9.29 Å². The van der Waals surface area contributed by atoms with E-state index in [0.717, 1.165) is 28.5 Å². The summed E-state index contributed by atoms with van der Waals surface area (Å²) in [6.07, 6.45) is 0. The SMILES string of the molecule is COc1ccc(-c2csc(N3CCN(S(=O)(=O)c4ccc(F)cc4Cl)CC3)n2)cc1OC. The molecule has 1 aliphatic heterocycles. The Balaban J connectivity index is 1.47. The van der Waals surface area contributed by atoms with Gasteiger partial charge in [-0.15, -0.1) is 11.3 Å². The number of thiazole rings is 1. The molecule has 0 amide bonds. The number of aromatic nitrogens is 1. The number of anilines is 1. The van der Waals surface area contributed by atoms with E-state index in [2.05, 4.69) is 0 Å². The largest absolute Gasteiger partial charge is 0.493 e. The number of ether oxygens (including phenoxy) is 2. The predicted octanol–water partition coefficient (Wildman–Crippen LogP) is 4.13. The van der Waals surface area contributed by atoms with Crippen molar-refractivity contribution in [2.75, 3.05) is 45.3 Å². The van der Waals surface area contributed by atoms with Crippen LogP contribution < -0.4 is 14.4 Å². The molecular formula is C21H21ClFN3O4S2. The van der Waals surface area contributed by atoms with Gasteiger partial charge in [0.15, 0.2) is 16.6 Å². The van der Waals surface area contributed by atoms with Gasteiger partial charge in [0.05, 0.1) is 24.9 Å². The highest BCUT2D eigenvalue weighted by Crippen LogP contribution is 2.35. The molecule has 32 heavy (non-hydrogen) atoms. The van der Waals surface area contributed by atoms with E-state index in [1.54, 1.807) is 14.2 Å². The van der Waals surface area contributed by atoms with Crippen molar-refractivity contribution in [1.29, 1.82) is 0 Å². The van der Waals surface area contributed by atoms with Crippen molar-refractivity contribution in [3.05, 3.63) is 52.6 Å². The summed E-state index contributed by atoms with van der Waals surface area (Å²) < 4.78 is 51.2. The number of rotatable bonds is 6. The maximum absolute atomic E-state index is 13.3.